The number of sulfonamides is 1. The van der Waals surface area contributed by atoms with Crippen LogP contribution in [0, 0.1) is 5.82 Å². The van der Waals surface area contributed by atoms with Gasteiger partial charge in [-0.25, -0.2) is 22.7 Å². The fourth-order valence-electron chi connectivity index (χ4n) is 1.96. The van der Waals surface area contributed by atoms with Gasteiger partial charge >= 0.3 is 6.03 Å². The molecule has 1 heterocycles. The van der Waals surface area contributed by atoms with E-state index in [1.54, 1.807) is 0 Å². The molecule has 0 unspecified atom stereocenters. The molecule has 0 spiro atoms. The first-order chi connectivity index (χ1) is 8.88. The van der Waals surface area contributed by atoms with Gasteiger partial charge in [0.2, 0.25) is 10.0 Å². The van der Waals surface area contributed by atoms with Crippen molar-refractivity contribution < 1.29 is 17.6 Å². The van der Waals surface area contributed by atoms with Gasteiger partial charge in [-0.05, 0) is 31.0 Å². The van der Waals surface area contributed by atoms with Gasteiger partial charge in [0.25, 0.3) is 0 Å². The van der Waals surface area contributed by atoms with Gasteiger partial charge in [-0.15, -0.1) is 0 Å². The van der Waals surface area contributed by atoms with Crippen LogP contribution in [0.15, 0.2) is 23.1 Å². The number of rotatable bonds is 2. The molecule has 1 aromatic rings. The lowest BCUT2D eigenvalue weighted by atomic mass is 10.3. The number of urea groups is 1. The van der Waals surface area contributed by atoms with E-state index in [0.717, 1.165) is 31.0 Å². The number of anilines is 1. The molecule has 0 radical (unpaired) electrons. The minimum absolute atomic E-state index is 0.139. The first-order valence-electron chi connectivity index (χ1n) is 5.76. The van der Waals surface area contributed by atoms with Crippen molar-refractivity contribution in [2.75, 3.05) is 18.4 Å². The van der Waals surface area contributed by atoms with Gasteiger partial charge in [-0.2, -0.15) is 0 Å². The highest BCUT2D eigenvalue weighted by Crippen LogP contribution is 2.22. The molecule has 8 heteroatoms. The Kier molecular flexibility index (Phi) is 3.72. The molecule has 0 atom stereocenters. The average molecular weight is 287 g/mol. The first kappa shape index (κ1) is 13.8. The van der Waals surface area contributed by atoms with E-state index in [9.17, 15) is 17.6 Å². The smallest absolute Gasteiger partial charge is 0.321 e. The van der Waals surface area contributed by atoms with Crippen LogP contribution in [0.5, 0.6) is 0 Å². The number of nitrogens with one attached hydrogen (secondary N) is 1. The summed E-state index contributed by atoms with van der Waals surface area (Å²) in [4.78, 5) is 13.1. The van der Waals surface area contributed by atoms with Gasteiger partial charge in [0.1, 0.15) is 10.7 Å². The first-order valence-corrected chi connectivity index (χ1v) is 7.31. The van der Waals surface area contributed by atoms with Crippen LogP contribution in [0.2, 0.25) is 0 Å². The van der Waals surface area contributed by atoms with Crippen LogP contribution in [0.25, 0.3) is 0 Å². The number of nitrogens with two attached hydrogens (primary N) is 1. The largest absolute Gasteiger partial charge is 0.325 e. The molecule has 0 aromatic heterocycles. The summed E-state index contributed by atoms with van der Waals surface area (Å²) in [5, 5.41) is 7.41. The van der Waals surface area contributed by atoms with E-state index < -0.39 is 21.9 Å². The molecule has 1 aliphatic heterocycles. The molecule has 1 aliphatic rings. The Morgan fingerprint density at radius 1 is 1.32 bits per heavy atom. The highest BCUT2D eigenvalue weighted by molar-refractivity contribution is 7.89. The summed E-state index contributed by atoms with van der Waals surface area (Å²) in [6.07, 6.45) is 1.80. The average Bonchev–Trinajstić information content (AvgIpc) is 2.80. The normalized spacial score (nSPS) is 15.6. The van der Waals surface area contributed by atoms with Crippen LogP contribution in [0.3, 0.4) is 0 Å². The van der Waals surface area contributed by atoms with Crippen molar-refractivity contribution >= 4 is 21.7 Å². The Labute approximate surface area is 110 Å². The third-order valence-electron chi connectivity index (χ3n) is 2.88. The van der Waals surface area contributed by atoms with Crippen molar-refractivity contribution in [3.8, 4) is 0 Å². The van der Waals surface area contributed by atoms with Gasteiger partial charge in [-0.1, -0.05) is 0 Å². The molecule has 0 bridgehead atoms. The van der Waals surface area contributed by atoms with Crippen LogP contribution in [-0.4, -0.2) is 32.4 Å². The number of nitrogens with zero attached hydrogens (tertiary/aromatic N) is 1. The lowest BCUT2D eigenvalue weighted by molar-refractivity contribution is 0.222. The highest BCUT2D eigenvalue weighted by Gasteiger charge is 2.21. The van der Waals surface area contributed by atoms with Gasteiger partial charge < -0.3 is 10.2 Å². The van der Waals surface area contributed by atoms with E-state index in [2.05, 4.69) is 5.32 Å². The van der Waals surface area contributed by atoms with Crippen molar-refractivity contribution in [3.05, 3.63) is 24.0 Å². The van der Waals surface area contributed by atoms with Crippen LogP contribution in [-0.2, 0) is 10.0 Å². The number of hydrogen-bond acceptors (Lipinski definition) is 3. The van der Waals surface area contributed by atoms with Crippen molar-refractivity contribution in [1.29, 1.82) is 0 Å². The molecular formula is C11H14FN3O3S. The van der Waals surface area contributed by atoms with E-state index in [-0.39, 0.29) is 10.6 Å². The second-order valence-electron chi connectivity index (χ2n) is 4.31. The Morgan fingerprint density at radius 2 is 1.95 bits per heavy atom. The Bertz CT molecular complexity index is 597. The van der Waals surface area contributed by atoms with Gasteiger partial charge in [0.05, 0.1) is 5.69 Å². The number of primary sulfonamides is 1. The zero-order valence-corrected chi connectivity index (χ0v) is 10.9. The lowest BCUT2D eigenvalue weighted by Gasteiger charge is -2.17. The maximum atomic E-state index is 13.2. The monoisotopic (exact) mass is 287 g/mol. The zero-order chi connectivity index (χ0) is 14.0. The van der Waals surface area contributed by atoms with Gasteiger partial charge in [-0.3, -0.25) is 0 Å². The Balaban J connectivity index is 2.28. The maximum Gasteiger partial charge on any atom is 0.321 e. The second kappa shape index (κ2) is 5.14. The van der Waals surface area contributed by atoms with Crippen LogP contribution >= 0.6 is 0 Å². The summed E-state index contributed by atoms with van der Waals surface area (Å²) < 4.78 is 35.9. The highest BCUT2D eigenvalue weighted by atomic mass is 32.2. The molecule has 19 heavy (non-hydrogen) atoms. The number of carbonyl (C=O) groups is 1. The SMILES string of the molecule is NS(=O)(=O)c1ccc(F)cc1NC(=O)N1CCCC1. The molecule has 104 valence electrons. The fourth-order valence-corrected chi connectivity index (χ4v) is 2.64. The maximum absolute atomic E-state index is 13.2. The summed E-state index contributed by atoms with van der Waals surface area (Å²) >= 11 is 0. The van der Waals surface area contributed by atoms with E-state index in [1.807, 2.05) is 0 Å². The summed E-state index contributed by atoms with van der Waals surface area (Å²) in [5.74, 6) is -0.649. The summed E-state index contributed by atoms with van der Waals surface area (Å²) in [6, 6.07) is 2.50. The molecule has 2 amide bonds. The molecular weight excluding hydrogens is 273 g/mol. The number of carbonyl (C=O) groups excluding carboxylic acids is 1. The molecule has 6 nitrogen and oxygen atoms in total. The summed E-state index contributed by atoms with van der Waals surface area (Å²) in [7, 11) is -4.02. The number of halogens is 1. The molecule has 1 aromatic carbocycles. The molecule has 2 rings (SSSR count). The van der Waals surface area contributed by atoms with Crippen LogP contribution in [0.1, 0.15) is 12.8 Å². The van der Waals surface area contributed by atoms with E-state index in [1.165, 1.54) is 4.90 Å². The van der Waals surface area contributed by atoms with E-state index in [0.29, 0.717) is 13.1 Å². The standard InChI is InChI=1S/C11H14FN3O3S/c12-8-3-4-10(19(13,17)18)9(7-8)14-11(16)15-5-1-2-6-15/h3-4,7H,1-2,5-6H2,(H,14,16)(H2,13,17,18). The third kappa shape index (κ3) is 3.21. The van der Waals surface area contributed by atoms with E-state index >= 15 is 0 Å². The Morgan fingerprint density at radius 3 is 2.53 bits per heavy atom. The van der Waals surface area contributed by atoms with Crippen molar-refractivity contribution in [1.82, 2.24) is 4.90 Å². The minimum Gasteiger partial charge on any atom is -0.325 e. The topological polar surface area (TPSA) is 92.5 Å². The number of hydrogen-bond donors (Lipinski definition) is 2. The number of amides is 2. The van der Waals surface area contributed by atoms with Crippen molar-refractivity contribution in [3.63, 3.8) is 0 Å². The van der Waals surface area contributed by atoms with Gasteiger partial charge in [0, 0.05) is 13.1 Å². The Hall–Kier alpha value is -1.67. The van der Waals surface area contributed by atoms with E-state index in [4.69, 9.17) is 5.14 Å². The number of likely N-dealkylation sites (tertiary alicyclic amines) is 1. The molecule has 1 saturated heterocycles. The second-order valence-corrected chi connectivity index (χ2v) is 5.84. The molecule has 1 fully saturated rings. The van der Waals surface area contributed by atoms with Crippen molar-refractivity contribution in [2.24, 2.45) is 5.14 Å². The predicted molar refractivity (Wildman–Crippen MR) is 67.6 cm³/mol. The summed E-state index contributed by atoms with van der Waals surface area (Å²) in [5.41, 5.74) is -0.139. The van der Waals surface area contributed by atoms with Crippen molar-refractivity contribution in [2.45, 2.75) is 17.7 Å². The fraction of sp³-hybridized carbons (Fsp3) is 0.364. The zero-order valence-electron chi connectivity index (χ0n) is 10.1. The van der Waals surface area contributed by atoms with Crippen LogP contribution < -0.4 is 10.5 Å². The number of benzene rings is 1. The lowest BCUT2D eigenvalue weighted by Crippen LogP contribution is -2.32. The van der Waals surface area contributed by atoms with Gasteiger partial charge in [0.15, 0.2) is 0 Å². The minimum atomic E-state index is -4.02. The third-order valence-corrected chi connectivity index (χ3v) is 3.85. The predicted octanol–water partition coefficient (Wildman–Crippen LogP) is 1.10. The van der Waals surface area contributed by atoms with Crippen LogP contribution in [0.4, 0.5) is 14.9 Å². The quantitative estimate of drug-likeness (QED) is 0.853. The molecule has 3 N–H and O–H groups in total. The summed E-state index contributed by atoms with van der Waals surface area (Å²) in [6.45, 7) is 1.21. The molecule has 0 aliphatic carbocycles. The molecule has 0 saturated carbocycles.